The number of aromatic amines is 1. The van der Waals surface area contributed by atoms with E-state index in [9.17, 15) is 9.59 Å². The molecular weight excluding hydrogens is 372 g/mol. The van der Waals surface area contributed by atoms with Crippen LogP contribution in [0.3, 0.4) is 0 Å². The molecule has 0 aliphatic heterocycles. The van der Waals surface area contributed by atoms with Crippen molar-refractivity contribution < 1.29 is 9.78 Å². The molecule has 0 radical (unpaired) electrons. The summed E-state index contributed by atoms with van der Waals surface area (Å²) in [6.07, 6.45) is 6.33. The monoisotopic (exact) mass is 395 g/mol. The number of para-hydroxylation sites is 1. The average Bonchev–Trinajstić information content (AvgIpc) is 3.56. The minimum Gasteiger partial charge on any atom is -0.351 e. The van der Waals surface area contributed by atoms with Crippen molar-refractivity contribution in [1.29, 1.82) is 0 Å². The molecule has 4 rings (SSSR count). The highest BCUT2D eigenvalue weighted by Gasteiger charge is 2.30. The highest BCUT2D eigenvalue weighted by Crippen LogP contribution is 2.38. The smallest absolute Gasteiger partial charge is 0.262 e. The molecule has 0 bridgehead atoms. The van der Waals surface area contributed by atoms with E-state index in [1.54, 1.807) is 4.57 Å². The predicted octanol–water partition coefficient (Wildman–Crippen LogP) is 2.73. The molecule has 1 unspecified atom stereocenters. The lowest BCUT2D eigenvalue weighted by Gasteiger charge is -2.17. The van der Waals surface area contributed by atoms with Crippen LogP contribution in [0.4, 0.5) is 0 Å². The van der Waals surface area contributed by atoms with Gasteiger partial charge in [-0.1, -0.05) is 30.8 Å². The minimum atomic E-state index is -0.300. The maximum atomic E-state index is 13.0. The van der Waals surface area contributed by atoms with Gasteiger partial charge in [-0.15, -0.1) is 0 Å². The molecule has 6 nitrogen and oxygen atoms in total. The second-order valence-corrected chi connectivity index (χ2v) is 8.13. The van der Waals surface area contributed by atoms with Crippen LogP contribution in [0.5, 0.6) is 0 Å². The zero-order valence-electron chi connectivity index (χ0n) is 15.7. The van der Waals surface area contributed by atoms with Crippen molar-refractivity contribution >= 4 is 28.6 Å². The average molecular weight is 396 g/mol. The van der Waals surface area contributed by atoms with Gasteiger partial charge in [0.1, 0.15) is 0 Å². The summed E-state index contributed by atoms with van der Waals surface area (Å²) in [5.74, 6) is -0.0406. The topological polar surface area (TPSA) is 78.1 Å². The van der Waals surface area contributed by atoms with Gasteiger partial charge in [0.2, 0.25) is 5.91 Å². The van der Waals surface area contributed by atoms with Crippen LogP contribution in [-0.2, 0) is 11.3 Å². The Labute approximate surface area is 167 Å². The van der Waals surface area contributed by atoms with Gasteiger partial charge in [-0.3, -0.25) is 14.2 Å². The number of aromatic nitrogens is 3. The van der Waals surface area contributed by atoms with Crippen LogP contribution in [-0.4, -0.2) is 20.7 Å². The molecule has 1 aliphatic rings. The highest BCUT2D eigenvalue weighted by molar-refractivity contribution is 8.00. The van der Waals surface area contributed by atoms with Crippen molar-refractivity contribution in [3.05, 3.63) is 64.7 Å². The highest BCUT2D eigenvalue weighted by atomic mass is 32.2. The first-order valence-electron chi connectivity index (χ1n) is 9.58. The molecule has 28 heavy (non-hydrogen) atoms. The zero-order chi connectivity index (χ0) is 19.5. The molecule has 144 valence electrons. The van der Waals surface area contributed by atoms with Crippen LogP contribution in [0.2, 0.25) is 0 Å². The Morgan fingerprint density at radius 2 is 2.14 bits per heavy atom. The molecule has 2 N–H and O–H groups in total. The molecule has 1 saturated carbocycles. The van der Waals surface area contributed by atoms with Crippen LogP contribution < -0.4 is 15.9 Å². The number of thioether (sulfide) groups is 1. The number of fused-ring (bicyclic) bond motifs is 1. The maximum Gasteiger partial charge on any atom is 0.262 e. The standard InChI is InChI=1S/C21H22N4O2S/c1-2-18(19(26)23-13-14-6-5-11-22-12-14)28-21-24-17-8-4-3-7-16(17)20(27)25(21)15-9-10-15/h3-8,11-12,15,18H,2,9-10,13H2,1H3,(H,23,26)/p+1. The molecule has 1 amide bonds. The summed E-state index contributed by atoms with van der Waals surface area (Å²) in [5, 5.41) is 3.97. The summed E-state index contributed by atoms with van der Waals surface area (Å²) in [5.41, 5.74) is 1.68. The van der Waals surface area contributed by atoms with E-state index in [2.05, 4.69) is 10.3 Å². The van der Waals surface area contributed by atoms with E-state index < -0.39 is 0 Å². The Balaban J connectivity index is 1.57. The van der Waals surface area contributed by atoms with Crippen molar-refractivity contribution in [2.45, 2.75) is 49.2 Å². The fourth-order valence-electron chi connectivity index (χ4n) is 3.16. The van der Waals surface area contributed by atoms with Gasteiger partial charge in [0, 0.05) is 24.2 Å². The quantitative estimate of drug-likeness (QED) is 0.493. The van der Waals surface area contributed by atoms with E-state index in [0.29, 0.717) is 29.0 Å². The third kappa shape index (κ3) is 3.94. The first kappa shape index (κ1) is 18.7. The summed E-state index contributed by atoms with van der Waals surface area (Å²) in [7, 11) is 0. The Kier molecular flexibility index (Phi) is 5.43. The van der Waals surface area contributed by atoms with E-state index in [1.807, 2.05) is 55.7 Å². The number of hydrogen-bond acceptors (Lipinski definition) is 4. The number of carbonyl (C=O) groups excluding carboxylic acids is 1. The molecule has 2 aromatic heterocycles. The molecular formula is C21H23N4O2S+. The number of amides is 1. The number of pyridine rings is 1. The van der Waals surface area contributed by atoms with Crippen molar-refractivity contribution in [1.82, 2.24) is 14.9 Å². The zero-order valence-corrected chi connectivity index (χ0v) is 16.5. The van der Waals surface area contributed by atoms with Gasteiger partial charge in [0.25, 0.3) is 5.56 Å². The number of hydrogen-bond donors (Lipinski definition) is 1. The molecule has 2 heterocycles. The number of carbonyl (C=O) groups is 1. The van der Waals surface area contributed by atoms with Gasteiger partial charge in [-0.25, -0.2) is 9.97 Å². The van der Waals surface area contributed by atoms with E-state index in [-0.39, 0.29) is 22.8 Å². The Hall–Kier alpha value is -2.67. The number of H-pyrrole nitrogens is 1. The van der Waals surface area contributed by atoms with Gasteiger partial charge in [0.05, 0.1) is 16.2 Å². The molecule has 1 atom stereocenters. The van der Waals surface area contributed by atoms with E-state index in [0.717, 1.165) is 18.4 Å². The van der Waals surface area contributed by atoms with Crippen molar-refractivity contribution in [2.75, 3.05) is 0 Å². The second-order valence-electron chi connectivity index (χ2n) is 6.96. The summed E-state index contributed by atoms with van der Waals surface area (Å²) >= 11 is 1.39. The fourth-order valence-corrected chi connectivity index (χ4v) is 4.26. The lowest BCUT2D eigenvalue weighted by molar-refractivity contribution is -0.378. The normalized spacial score (nSPS) is 14.8. The second kappa shape index (κ2) is 8.14. The van der Waals surface area contributed by atoms with Gasteiger partial charge < -0.3 is 5.32 Å². The maximum absolute atomic E-state index is 13.0. The first-order valence-corrected chi connectivity index (χ1v) is 10.5. The first-order chi connectivity index (χ1) is 13.7. The van der Waals surface area contributed by atoms with E-state index in [4.69, 9.17) is 4.98 Å². The summed E-state index contributed by atoms with van der Waals surface area (Å²) in [6, 6.07) is 11.5. The van der Waals surface area contributed by atoms with Gasteiger partial charge in [-0.2, -0.15) is 0 Å². The number of nitrogens with one attached hydrogen (secondary N) is 2. The summed E-state index contributed by atoms with van der Waals surface area (Å²) in [4.78, 5) is 33.5. The molecule has 0 spiro atoms. The van der Waals surface area contributed by atoms with Crippen molar-refractivity contribution in [3.63, 3.8) is 0 Å². The minimum absolute atomic E-state index is 0.00863. The van der Waals surface area contributed by atoms with Crippen LogP contribution >= 0.6 is 11.8 Å². The molecule has 7 heteroatoms. The SMILES string of the molecule is CCC(Sc1nc2ccccc2c(=O)n1C1CC1)C(=O)NCc1ccc[nH+]c1. The third-order valence-electron chi connectivity index (χ3n) is 4.84. The molecule has 3 aromatic rings. The molecule has 1 fully saturated rings. The van der Waals surface area contributed by atoms with Gasteiger partial charge >= 0.3 is 0 Å². The van der Waals surface area contributed by atoms with E-state index >= 15 is 0 Å². The lowest BCUT2D eigenvalue weighted by atomic mass is 10.2. The lowest BCUT2D eigenvalue weighted by Crippen LogP contribution is -2.33. The summed E-state index contributed by atoms with van der Waals surface area (Å²) in [6.45, 7) is 2.45. The predicted molar refractivity (Wildman–Crippen MR) is 109 cm³/mol. The Morgan fingerprint density at radius 3 is 2.86 bits per heavy atom. The number of rotatable bonds is 7. The third-order valence-corrected chi connectivity index (χ3v) is 6.17. The van der Waals surface area contributed by atoms with Crippen molar-refractivity contribution in [3.8, 4) is 0 Å². The fraction of sp³-hybridized carbons (Fsp3) is 0.333. The molecule has 1 aromatic carbocycles. The van der Waals surface area contributed by atoms with Crippen LogP contribution in [0.15, 0.2) is 58.7 Å². The van der Waals surface area contributed by atoms with E-state index in [1.165, 1.54) is 11.8 Å². The molecule has 1 aliphatic carbocycles. The largest absolute Gasteiger partial charge is 0.351 e. The van der Waals surface area contributed by atoms with Gasteiger partial charge in [-0.05, 0) is 37.5 Å². The van der Waals surface area contributed by atoms with Crippen LogP contribution in [0.25, 0.3) is 10.9 Å². The van der Waals surface area contributed by atoms with Crippen molar-refractivity contribution in [2.24, 2.45) is 0 Å². The molecule has 0 saturated heterocycles. The Bertz CT molecular complexity index is 1050. The number of benzene rings is 1. The summed E-state index contributed by atoms with van der Waals surface area (Å²) < 4.78 is 1.79. The van der Waals surface area contributed by atoms with Crippen LogP contribution in [0, 0.1) is 0 Å². The van der Waals surface area contributed by atoms with Crippen LogP contribution in [0.1, 0.15) is 37.8 Å². The van der Waals surface area contributed by atoms with Gasteiger partial charge in [0.15, 0.2) is 17.6 Å². The number of nitrogens with zero attached hydrogens (tertiary/aromatic N) is 2. The Morgan fingerprint density at radius 1 is 1.32 bits per heavy atom.